The van der Waals surface area contributed by atoms with Crippen molar-refractivity contribution < 1.29 is 13.6 Å². The first kappa shape index (κ1) is 13.5. The molecule has 1 fully saturated rings. The van der Waals surface area contributed by atoms with E-state index < -0.39 is 11.1 Å². The summed E-state index contributed by atoms with van der Waals surface area (Å²) in [5.74, 6) is 0. The number of carbonyl (C=O) groups excluding carboxylic acids is 1. The molecule has 1 aliphatic heterocycles. The predicted molar refractivity (Wildman–Crippen MR) is 70.0 cm³/mol. The van der Waals surface area contributed by atoms with Gasteiger partial charge in [-0.3, -0.25) is 0 Å². The standard InChI is InChI=1S/C12H13N3O3S/c13-8-9-7-10(3-4-11(9)19(17)18)14-12(16)15-5-1-2-6-15/h3-4,7H,1-2,5-6H2,(H,14,16)(H,17,18). The van der Waals surface area contributed by atoms with E-state index in [1.54, 1.807) is 4.90 Å². The number of carbonyl (C=O) groups is 1. The summed E-state index contributed by atoms with van der Waals surface area (Å²) in [5, 5.41) is 11.6. The average Bonchev–Trinajstić information content (AvgIpc) is 2.92. The molecule has 0 saturated carbocycles. The zero-order valence-corrected chi connectivity index (χ0v) is 10.9. The second kappa shape index (κ2) is 5.82. The highest BCUT2D eigenvalue weighted by Crippen LogP contribution is 2.19. The molecule has 0 bridgehead atoms. The number of benzene rings is 1. The lowest BCUT2D eigenvalue weighted by Crippen LogP contribution is -2.32. The SMILES string of the molecule is N#Cc1cc(NC(=O)N2CCCC2)ccc1S(=O)O. The van der Waals surface area contributed by atoms with Gasteiger partial charge in [0, 0.05) is 18.8 Å². The molecule has 1 aromatic rings. The maximum Gasteiger partial charge on any atom is 0.321 e. The van der Waals surface area contributed by atoms with Crippen LogP contribution in [0.25, 0.3) is 0 Å². The number of amides is 2. The Morgan fingerprint density at radius 3 is 2.68 bits per heavy atom. The largest absolute Gasteiger partial charge is 0.325 e. The Hall–Kier alpha value is -1.91. The molecular formula is C12H13N3O3S. The molecule has 0 aromatic heterocycles. The van der Waals surface area contributed by atoms with Crippen LogP contribution in [0.3, 0.4) is 0 Å². The topological polar surface area (TPSA) is 93.4 Å². The molecule has 1 unspecified atom stereocenters. The van der Waals surface area contributed by atoms with Gasteiger partial charge in [0.15, 0.2) is 11.1 Å². The predicted octanol–water partition coefficient (Wildman–Crippen LogP) is 1.77. The van der Waals surface area contributed by atoms with Gasteiger partial charge >= 0.3 is 6.03 Å². The summed E-state index contributed by atoms with van der Waals surface area (Å²) in [7, 11) is 0. The summed E-state index contributed by atoms with van der Waals surface area (Å²) in [6, 6.07) is 5.91. The van der Waals surface area contributed by atoms with Crippen molar-refractivity contribution in [2.45, 2.75) is 17.7 Å². The molecule has 0 aliphatic carbocycles. The van der Waals surface area contributed by atoms with Gasteiger partial charge in [-0.1, -0.05) is 0 Å². The van der Waals surface area contributed by atoms with E-state index in [1.807, 2.05) is 6.07 Å². The third-order valence-corrected chi connectivity index (χ3v) is 3.66. The molecule has 2 amide bonds. The summed E-state index contributed by atoms with van der Waals surface area (Å²) in [6.45, 7) is 1.46. The van der Waals surface area contributed by atoms with Gasteiger partial charge < -0.3 is 14.8 Å². The molecule has 1 heterocycles. The third-order valence-electron chi connectivity index (χ3n) is 2.93. The van der Waals surface area contributed by atoms with Crippen LogP contribution in [-0.4, -0.2) is 32.8 Å². The fourth-order valence-electron chi connectivity index (χ4n) is 1.97. The molecule has 2 N–H and O–H groups in total. The molecule has 1 aliphatic rings. The number of urea groups is 1. The number of nitriles is 1. The maximum absolute atomic E-state index is 11.9. The van der Waals surface area contributed by atoms with Crippen LogP contribution in [0.5, 0.6) is 0 Å². The molecule has 6 nitrogen and oxygen atoms in total. The maximum atomic E-state index is 11.9. The van der Waals surface area contributed by atoms with E-state index in [0.717, 1.165) is 25.9 Å². The van der Waals surface area contributed by atoms with Crippen molar-refractivity contribution in [1.29, 1.82) is 5.26 Å². The van der Waals surface area contributed by atoms with E-state index in [-0.39, 0.29) is 16.5 Å². The molecule has 1 aromatic carbocycles. The Bertz CT molecular complexity index is 562. The summed E-state index contributed by atoms with van der Waals surface area (Å²) in [6.07, 6.45) is 2.00. The molecule has 7 heteroatoms. The Kier molecular flexibility index (Phi) is 4.14. The number of rotatable bonds is 2. The fraction of sp³-hybridized carbons (Fsp3) is 0.333. The van der Waals surface area contributed by atoms with Gasteiger partial charge in [0.25, 0.3) is 0 Å². The van der Waals surface area contributed by atoms with E-state index in [1.165, 1.54) is 18.2 Å². The van der Waals surface area contributed by atoms with Gasteiger partial charge in [0.05, 0.1) is 10.5 Å². The summed E-state index contributed by atoms with van der Waals surface area (Å²) < 4.78 is 20.0. The van der Waals surface area contributed by atoms with Crippen LogP contribution in [0.15, 0.2) is 23.1 Å². The number of nitrogens with zero attached hydrogens (tertiary/aromatic N) is 2. The first-order valence-electron chi connectivity index (χ1n) is 5.83. The molecule has 100 valence electrons. The van der Waals surface area contributed by atoms with E-state index in [2.05, 4.69) is 5.32 Å². The normalized spacial score (nSPS) is 15.9. The first-order valence-corrected chi connectivity index (χ1v) is 6.93. The first-order chi connectivity index (χ1) is 9.11. The Balaban J connectivity index is 2.15. The van der Waals surface area contributed by atoms with Crippen LogP contribution in [0.2, 0.25) is 0 Å². The van der Waals surface area contributed by atoms with Crippen LogP contribution in [0, 0.1) is 11.3 Å². The number of nitrogens with one attached hydrogen (secondary N) is 1. The molecule has 0 spiro atoms. The van der Waals surface area contributed by atoms with Crippen molar-refractivity contribution >= 4 is 22.8 Å². The zero-order chi connectivity index (χ0) is 13.8. The average molecular weight is 279 g/mol. The van der Waals surface area contributed by atoms with Gasteiger partial charge in [0.1, 0.15) is 6.07 Å². The van der Waals surface area contributed by atoms with Crippen LogP contribution in [0.1, 0.15) is 18.4 Å². The van der Waals surface area contributed by atoms with E-state index in [9.17, 15) is 9.00 Å². The van der Waals surface area contributed by atoms with Crippen molar-refractivity contribution in [3.8, 4) is 6.07 Å². The summed E-state index contributed by atoms with van der Waals surface area (Å²) in [5.41, 5.74) is 0.530. The van der Waals surface area contributed by atoms with Crippen molar-refractivity contribution in [3.63, 3.8) is 0 Å². The lowest BCUT2D eigenvalue weighted by atomic mass is 10.2. The minimum absolute atomic E-state index is 0.0432. The van der Waals surface area contributed by atoms with E-state index in [4.69, 9.17) is 9.81 Å². The van der Waals surface area contributed by atoms with Gasteiger partial charge in [-0.15, -0.1) is 0 Å². The highest BCUT2D eigenvalue weighted by molar-refractivity contribution is 7.79. The van der Waals surface area contributed by atoms with Gasteiger partial charge in [0.2, 0.25) is 0 Å². The fourth-order valence-corrected chi connectivity index (χ4v) is 2.45. The Labute approximate surface area is 113 Å². The molecule has 19 heavy (non-hydrogen) atoms. The van der Waals surface area contributed by atoms with Crippen molar-refractivity contribution in [1.82, 2.24) is 4.90 Å². The highest BCUT2D eigenvalue weighted by Gasteiger charge is 2.18. The van der Waals surface area contributed by atoms with Crippen LogP contribution in [0.4, 0.5) is 10.5 Å². The molecule has 1 saturated heterocycles. The monoisotopic (exact) mass is 279 g/mol. The van der Waals surface area contributed by atoms with Crippen molar-refractivity contribution in [2.75, 3.05) is 18.4 Å². The van der Waals surface area contributed by atoms with E-state index >= 15 is 0 Å². The third kappa shape index (κ3) is 3.10. The zero-order valence-electron chi connectivity index (χ0n) is 10.1. The van der Waals surface area contributed by atoms with Gasteiger partial charge in [-0.2, -0.15) is 5.26 Å². The molecule has 1 atom stereocenters. The van der Waals surface area contributed by atoms with Crippen LogP contribution < -0.4 is 5.32 Å². The second-order valence-corrected chi connectivity index (χ2v) is 5.13. The quantitative estimate of drug-likeness (QED) is 0.807. The minimum Gasteiger partial charge on any atom is -0.325 e. The minimum atomic E-state index is -2.21. The molecular weight excluding hydrogens is 266 g/mol. The van der Waals surface area contributed by atoms with Gasteiger partial charge in [-0.25, -0.2) is 9.00 Å². The van der Waals surface area contributed by atoms with Gasteiger partial charge in [-0.05, 0) is 31.0 Å². The van der Waals surface area contributed by atoms with Crippen LogP contribution >= 0.6 is 0 Å². The molecule has 2 rings (SSSR count). The Morgan fingerprint density at radius 1 is 1.42 bits per heavy atom. The van der Waals surface area contributed by atoms with Crippen LogP contribution in [-0.2, 0) is 11.1 Å². The summed E-state index contributed by atoms with van der Waals surface area (Å²) in [4.78, 5) is 13.6. The Morgan fingerprint density at radius 2 is 2.11 bits per heavy atom. The van der Waals surface area contributed by atoms with Crippen molar-refractivity contribution in [3.05, 3.63) is 23.8 Å². The number of anilines is 1. The van der Waals surface area contributed by atoms with E-state index in [0.29, 0.717) is 5.69 Å². The second-order valence-electron chi connectivity index (χ2n) is 4.20. The smallest absolute Gasteiger partial charge is 0.321 e. The number of likely N-dealkylation sites (tertiary alicyclic amines) is 1. The molecule has 0 radical (unpaired) electrons. The highest BCUT2D eigenvalue weighted by atomic mass is 32.2. The van der Waals surface area contributed by atoms with Crippen molar-refractivity contribution in [2.24, 2.45) is 0 Å². The lowest BCUT2D eigenvalue weighted by molar-refractivity contribution is 0.222. The number of hydrogen-bond acceptors (Lipinski definition) is 3. The number of hydrogen-bond donors (Lipinski definition) is 2. The summed E-state index contributed by atoms with van der Waals surface area (Å²) >= 11 is -2.21. The lowest BCUT2D eigenvalue weighted by Gasteiger charge is -2.16.